The number of aromatic hydroxyl groups is 1. The first-order valence-electron chi connectivity index (χ1n) is 11.9. The maximum atomic E-state index is 13.1. The van der Waals surface area contributed by atoms with Crippen LogP contribution in [-0.4, -0.2) is 25.1 Å². The number of nitrogens with zero attached hydrogens (tertiary/aromatic N) is 5. The predicted octanol–water partition coefficient (Wildman–Crippen LogP) is 5.36. The van der Waals surface area contributed by atoms with Crippen LogP contribution in [0.4, 0.5) is 5.69 Å². The van der Waals surface area contributed by atoms with E-state index in [2.05, 4.69) is 15.2 Å². The molecular weight excluding hydrogens is 474 g/mol. The summed E-state index contributed by atoms with van der Waals surface area (Å²) in [6.07, 6.45) is 5.44. The number of aryl methyl sites for hydroxylation is 2. The average Bonchev–Trinajstić information content (AvgIpc) is 3.41. The van der Waals surface area contributed by atoms with Crippen LogP contribution in [0.15, 0.2) is 75.9 Å². The van der Waals surface area contributed by atoms with Crippen molar-refractivity contribution in [1.82, 2.24) is 14.1 Å². The Hall–Kier alpha value is -4.11. The Balaban J connectivity index is 1.30. The first-order chi connectivity index (χ1) is 17.6. The number of hydrogen-bond donors (Lipinski definition) is 1. The van der Waals surface area contributed by atoms with Crippen molar-refractivity contribution in [3.63, 3.8) is 0 Å². The lowest BCUT2D eigenvalue weighted by atomic mass is 9.97. The normalized spacial score (nSPS) is 13.6. The van der Waals surface area contributed by atoms with E-state index < -0.39 is 5.91 Å². The van der Waals surface area contributed by atoms with Gasteiger partial charge in [-0.1, -0.05) is 48.5 Å². The molecule has 0 unspecified atom stereocenters. The zero-order valence-electron chi connectivity index (χ0n) is 19.4. The molecule has 9 heteroatoms. The van der Waals surface area contributed by atoms with E-state index >= 15 is 0 Å². The van der Waals surface area contributed by atoms with Gasteiger partial charge in [0.05, 0.1) is 23.8 Å². The highest BCUT2D eigenvalue weighted by Gasteiger charge is 2.21. The van der Waals surface area contributed by atoms with Gasteiger partial charge in [-0.25, -0.2) is 4.98 Å². The minimum absolute atomic E-state index is 0.0678. The number of fused-ring (bicyclic) bond motifs is 4. The number of aromatic nitrogens is 3. The number of hydrogen-bond acceptors (Lipinski definition) is 6. The summed E-state index contributed by atoms with van der Waals surface area (Å²) >= 11 is 1.57. The first-order valence-corrected chi connectivity index (χ1v) is 12.7. The Morgan fingerprint density at radius 2 is 1.83 bits per heavy atom. The van der Waals surface area contributed by atoms with Crippen LogP contribution in [-0.2, 0) is 30.7 Å². The van der Waals surface area contributed by atoms with Crippen molar-refractivity contribution in [2.24, 2.45) is 10.2 Å². The molecule has 0 saturated heterocycles. The molecule has 0 spiro atoms. The Bertz CT molecular complexity index is 1700. The first kappa shape index (κ1) is 22.4. The molecule has 3 aromatic heterocycles. The number of rotatable bonds is 5. The van der Waals surface area contributed by atoms with Gasteiger partial charge in [0.25, 0.3) is 11.5 Å². The van der Waals surface area contributed by atoms with Crippen LogP contribution < -0.4 is 5.56 Å². The average molecular weight is 498 g/mol. The molecule has 180 valence electrons. The van der Waals surface area contributed by atoms with Gasteiger partial charge < -0.3 is 9.67 Å². The zero-order valence-corrected chi connectivity index (χ0v) is 20.2. The monoisotopic (exact) mass is 497 g/mol. The Morgan fingerprint density at radius 3 is 2.69 bits per heavy atom. The molecule has 0 saturated carbocycles. The summed E-state index contributed by atoms with van der Waals surface area (Å²) in [7, 11) is 0. The van der Waals surface area contributed by atoms with Crippen LogP contribution in [0.1, 0.15) is 28.8 Å². The van der Waals surface area contributed by atoms with Gasteiger partial charge in [0.1, 0.15) is 11.4 Å². The van der Waals surface area contributed by atoms with E-state index in [4.69, 9.17) is 0 Å². The second-order valence-corrected chi connectivity index (χ2v) is 10.0. The highest BCUT2D eigenvalue weighted by atomic mass is 32.1. The number of thiophene rings is 1. The number of carbonyl (C=O) groups excluding carboxylic acids is 1. The number of carbonyl (C=O) groups is 1. The molecule has 36 heavy (non-hydrogen) atoms. The van der Waals surface area contributed by atoms with Gasteiger partial charge in [0.15, 0.2) is 5.69 Å². The molecule has 1 aliphatic rings. The molecule has 0 bridgehead atoms. The van der Waals surface area contributed by atoms with Gasteiger partial charge in [-0.05, 0) is 42.9 Å². The topological polar surface area (TPSA) is 102 Å². The van der Waals surface area contributed by atoms with Crippen LogP contribution >= 0.6 is 11.3 Å². The van der Waals surface area contributed by atoms with E-state index in [-0.39, 0.29) is 23.7 Å². The Morgan fingerprint density at radius 1 is 1.06 bits per heavy atom. The lowest BCUT2D eigenvalue weighted by Gasteiger charge is -2.10. The van der Waals surface area contributed by atoms with Crippen LogP contribution in [0.3, 0.4) is 0 Å². The van der Waals surface area contributed by atoms with Gasteiger partial charge in [0.2, 0.25) is 5.88 Å². The summed E-state index contributed by atoms with van der Waals surface area (Å²) in [6.45, 7) is 0.183. The lowest BCUT2D eigenvalue weighted by Crippen LogP contribution is -2.24. The van der Waals surface area contributed by atoms with Crippen molar-refractivity contribution >= 4 is 44.1 Å². The summed E-state index contributed by atoms with van der Waals surface area (Å²) < 4.78 is 3.04. The van der Waals surface area contributed by atoms with Crippen molar-refractivity contribution in [1.29, 1.82) is 0 Å². The van der Waals surface area contributed by atoms with Crippen LogP contribution in [0, 0.1) is 0 Å². The number of amides is 1. The van der Waals surface area contributed by atoms with E-state index in [1.165, 1.54) is 15.8 Å². The maximum absolute atomic E-state index is 13.1. The minimum atomic E-state index is -0.596. The standard InChI is InChI=1S/C27H23N5O3S/c33-22(15-31-16-28-25-23(26(31)34)19-11-5-7-13-21(19)36-25)29-30-24-18-10-4-6-12-20(18)32(27(24)35)14-17-8-2-1-3-9-17/h1-4,6,8-10,12,16,35H,5,7,11,13-15H2. The van der Waals surface area contributed by atoms with Gasteiger partial charge in [-0.2, -0.15) is 0 Å². The summed E-state index contributed by atoms with van der Waals surface area (Å²) in [5.41, 5.74) is 2.89. The van der Waals surface area contributed by atoms with Crippen molar-refractivity contribution in [2.75, 3.05) is 0 Å². The second-order valence-electron chi connectivity index (χ2n) is 8.92. The fourth-order valence-corrected chi connectivity index (χ4v) is 6.09. The molecule has 1 amide bonds. The smallest absolute Gasteiger partial charge is 0.284 e. The third kappa shape index (κ3) is 3.91. The van der Waals surface area contributed by atoms with Crippen LogP contribution in [0.5, 0.6) is 5.88 Å². The second kappa shape index (κ2) is 9.16. The molecule has 0 radical (unpaired) electrons. The van der Waals surface area contributed by atoms with E-state index in [0.717, 1.165) is 47.2 Å². The third-order valence-electron chi connectivity index (χ3n) is 6.61. The SMILES string of the molecule is O=C(Cn1cnc2sc3c(c2c1=O)CCCC3)N=Nc1c(O)n(Cc2ccccc2)c2ccccc12. The molecule has 0 atom stereocenters. The zero-order chi connectivity index (χ0) is 24.6. The quantitative estimate of drug-likeness (QED) is 0.330. The predicted molar refractivity (Wildman–Crippen MR) is 139 cm³/mol. The van der Waals surface area contributed by atoms with E-state index in [9.17, 15) is 14.7 Å². The molecule has 0 aliphatic heterocycles. The Kier molecular flexibility index (Phi) is 5.69. The van der Waals surface area contributed by atoms with Crippen molar-refractivity contribution in [3.05, 3.63) is 87.3 Å². The van der Waals surface area contributed by atoms with Crippen LogP contribution in [0.25, 0.3) is 21.1 Å². The molecule has 6 rings (SSSR count). The van der Waals surface area contributed by atoms with Gasteiger partial charge >= 0.3 is 0 Å². The van der Waals surface area contributed by atoms with E-state index in [1.54, 1.807) is 15.9 Å². The molecule has 2 aromatic carbocycles. The summed E-state index contributed by atoms with van der Waals surface area (Å²) in [5, 5.41) is 20.2. The summed E-state index contributed by atoms with van der Waals surface area (Å²) in [6, 6.07) is 17.2. The molecule has 8 nitrogen and oxygen atoms in total. The number of azo groups is 1. The minimum Gasteiger partial charge on any atom is -0.493 e. The molecule has 1 aliphatic carbocycles. The number of benzene rings is 2. The largest absolute Gasteiger partial charge is 0.493 e. The maximum Gasteiger partial charge on any atom is 0.284 e. The number of para-hydroxylation sites is 1. The fraction of sp³-hybridized carbons (Fsp3) is 0.222. The highest BCUT2D eigenvalue weighted by molar-refractivity contribution is 7.18. The third-order valence-corrected chi connectivity index (χ3v) is 7.81. The van der Waals surface area contributed by atoms with Crippen molar-refractivity contribution in [2.45, 2.75) is 38.8 Å². The molecule has 3 heterocycles. The van der Waals surface area contributed by atoms with Gasteiger partial charge in [-0.15, -0.1) is 21.6 Å². The van der Waals surface area contributed by atoms with Crippen molar-refractivity contribution in [3.8, 4) is 5.88 Å². The van der Waals surface area contributed by atoms with Crippen LogP contribution in [0.2, 0.25) is 0 Å². The molecule has 1 N–H and O–H groups in total. The highest BCUT2D eigenvalue weighted by Crippen LogP contribution is 2.39. The van der Waals surface area contributed by atoms with Gasteiger partial charge in [0, 0.05) is 10.3 Å². The fourth-order valence-electron chi connectivity index (χ4n) is 4.87. The Labute approximate surface area is 210 Å². The molecule has 0 fully saturated rings. The van der Waals surface area contributed by atoms with E-state index in [0.29, 0.717) is 17.3 Å². The van der Waals surface area contributed by atoms with Crippen molar-refractivity contribution < 1.29 is 9.90 Å². The van der Waals surface area contributed by atoms with Gasteiger partial charge in [-0.3, -0.25) is 14.2 Å². The van der Waals surface area contributed by atoms with E-state index in [1.807, 2.05) is 54.6 Å². The molecular formula is C27H23N5O3S. The summed E-state index contributed by atoms with van der Waals surface area (Å²) in [4.78, 5) is 32.2. The molecule has 5 aromatic rings. The lowest BCUT2D eigenvalue weighted by molar-refractivity contribution is -0.118. The summed E-state index contributed by atoms with van der Waals surface area (Å²) in [5.74, 6) is -0.664.